The second-order valence-corrected chi connectivity index (χ2v) is 7.37. The molecule has 1 atom stereocenters. The van der Waals surface area contributed by atoms with Gasteiger partial charge in [-0.15, -0.1) is 0 Å². The van der Waals surface area contributed by atoms with E-state index in [-0.39, 0.29) is 6.04 Å². The summed E-state index contributed by atoms with van der Waals surface area (Å²) in [5.74, 6) is 1.80. The van der Waals surface area contributed by atoms with Crippen LogP contribution in [0.3, 0.4) is 0 Å². The van der Waals surface area contributed by atoms with Crippen molar-refractivity contribution in [3.05, 3.63) is 29.8 Å². The van der Waals surface area contributed by atoms with Crippen molar-refractivity contribution < 1.29 is 9.47 Å². The fraction of sp³-hybridized carbons (Fsp3) is 0.667. The van der Waals surface area contributed by atoms with E-state index in [1.165, 1.54) is 37.7 Å². The van der Waals surface area contributed by atoms with E-state index >= 15 is 0 Å². The lowest BCUT2D eigenvalue weighted by molar-refractivity contribution is 0.0170. The van der Waals surface area contributed by atoms with Gasteiger partial charge in [0.25, 0.3) is 0 Å². The van der Waals surface area contributed by atoms with Crippen molar-refractivity contribution in [1.29, 1.82) is 0 Å². The molecule has 1 heterocycles. The first-order valence-electron chi connectivity index (χ1n) is 10.2. The first-order chi connectivity index (χ1) is 13.3. The van der Waals surface area contributed by atoms with Gasteiger partial charge in [0.2, 0.25) is 0 Å². The number of methoxy groups -OCH3 is 1. The van der Waals surface area contributed by atoms with E-state index in [9.17, 15) is 0 Å². The Bertz CT molecular complexity index is 578. The first-order valence-corrected chi connectivity index (χ1v) is 10.2. The molecule has 3 rings (SSSR count). The van der Waals surface area contributed by atoms with Crippen LogP contribution in [0.5, 0.6) is 5.75 Å². The number of rotatable bonds is 6. The molecule has 1 aliphatic heterocycles. The molecule has 1 saturated heterocycles. The minimum atomic E-state index is 0.282. The summed E-state index contributed by atoms with van der Waals surface area (Å²) in [5, 5.41) is 7.18. The summed E-state index contributed by atoms with van der Waals surface area (Å²) in [5.41, 5.74) is 1.29. The third-order valence-corrected chi connectivity index (χ3v) is 5.62. The summed E-state index contributed by atoms with van der Waals surface area (Å²) < 4.78 is 10.9. The van der Waals surface area contributed by atoms with E-state index < -0.39 is 0 Å². The lowest BCUT2D eigenvalue weighted by atomic mass is 9.96. The van der Waals surface area contributed by atoms with Gasteiger partial charge in [0, 0.05) is 32.7 Å². The molecule has 2 aliphatic rings. The fourth-order valence-electron chi connectivity index (χ4n) is 4.00. The Hall–Kier alpha value is -1.79. The highest BCUT2D eigenvalue weighted by molar-refractivity contribution is 5.80. The average Bonchev–Trinajstić information content (AvgIpc) is 2.75. The van der Waals surface area contributed by atoms with E-state index in [1.807, 2.05) is 19.2 Å². The zero-order valence-corrected chi connectivity index (χ0v) is 16.7. The van der Waals surface area contributed by atoms with Crippen LogP contribution in [0, 0.1) is 0 Å². The molecule has 0 radical (unpaired) electrons. The third-order valence-electron chi connectivity index (χ3n) is 5.62. The van der Waals surface area contributed by atoms with Crippen molar-refractivity contribution >= 4 is 5.96 Å². The van der Waals surface area contributed by atoms with Gasteiger partial charge in [-0.3, -0.25) is 9.89 Å². The smallest absolute Gasteiger partial charge is 0.191 e. The van der Waals surface area contributed by atoms with Crippen LogP contribution in [-0.4, -0.2) is 63.9 Å². The standard InChI is InChI=1S/C21H34N4O2/c1-22-21(24-18-6-4-3-5-7-18)23-16-20(25-12-14-27-15-13-25)17-8-10-19(26-2)11-9-17/h8-11,18,20H,3-7,12-16H2,1-2H3,(H2,22,23,24). The topological polar surface area (TPSA) is 58.1 Å². The van der Waals surface area contributed by atoms with Gasteiger partial charge in [-0.05, 0) is 30.5 Å². The average molecular weight is 375 g/mol. The number of hydrogen-bond donors (Lipinski definition) is 2. The highest BCUT2D eigenvalue weighted by atomic mass is 16.5. The molecule has 2 N–H and O–H groups in total. The monoisotopic (exact) mass is 374 g/mol. The summed E-state index contributed by atoms with van der Waals surface area (Å²) in [6.07, 6.45) is 6.48. The molecular weight excluding hydrogens is 340 g/mol. The molecule has 0 spiro atoms. The maximum atomic E-state index is 5.55. The molecule has 1 unspecified atom stereocenters. The van der Waals surface area contributed by atoms with E-state index in [1.54, 1.807) is 7.11 Å². The molecule has 27 heavy (non-hydrogen) atoms. The Morgan fingerprint density at radius 1 is 1.19 bits per heavy atom. The number of hydrogen-bond acceptors (Lipinski definition) is 4. The molecule has 0 amide bonds. The molecule has 0 aromatic heterocycles. The minimum absolute atomic E-state index is 0.282. The Morgan fingerprint density at radius 3 is 2.52 bits per heavy atom. The maximum Gasteiger partial charge on any atom is 0.191 e. The van der Waals surface area contributed by atoms with Crippen molar-refractivity contribution in [1.82, 2.24) is 15.5 Å². The second kappa shape index (κ2) is 10.5. The van der Waals surface area contributed by atoms with Gasteiger partial charge in [0.1, 0.15) is 5.75 Å². The van der Waals surface area contributed by atoms with Gasteiger partial charge in [0.15, 0.2) is 5.96 Å². The van der Waals surface area contributed by atoms with Crippen LogP contribution in [0.15, 0.2) is 29.3 Å². The molecule has 0 bridgehead atoms. The molecule has 6 nitrogen and oxygen atoms in total. The normalized spacial score (nSPS) is 20.9. The number of guanidine groups is 1. The van der Waals surface area contributed by atoms with Gasteiger partial charge in [0.05, 0.1) is 26.4 Å². The van der Waals surface area contributed by atoms with Gasteiger partial charge in [-0.2, -0.15) is 0 Å². The summed E-state index contributed by atoms with van der Waals surface area (Å²) in [4.78, 5) is 6.94. The number of morpholine rings is 1. The maximum absolute atomic E-state index is 5.55. The van der Waals surface area contributed by atoms with Gasteiger partial charge >= 0.3 is 0 Å². The van der Waals surface area contributed by atoms with Crippen molar-refractivity contribution in [2.45, 2.75) is 44.2 Å². The highest BCUT2D eigenvalue weighted by Gasteiger charge is 2.23. The largest absolute Gasteiger partial charge is 0.497 e. The van der Waals surface area contributed by atoms with Crippen LogP contribution in [-0.2, 0) is 4.74 Å². The summed E-state index contributed by atoms with van der Waals surface area (Å²) in [6, 6.07) is 9.24. The third kappa shape index (κ3) is 5.84. The minimum Gasteiger partial charge on any atom is -0.497 e. The van der Waals surface area contributed by atoms with Gasteiger partial charge in [-0.1, -0.05) is 31.4 Å². The SMILES string of the molecule is CN=C(NCC(c1ccc(OC)cc1)N1CCOCC1)NC1CCCCC1. The Kier molecular flexibility index (Phi) is 7.78. The lowest BCUT2D eigenvalue weighted by Gasteiger charge is -2.35. The van der Waals surface area contributed by atoms with Crippen LogP contribution >= 0.6 is 0 Å². The highest BCUT2D eigenvalue weighted by Crippen LogP contribution is 2.24. The zero-order chi connectivity index (χ0) is 18.9. The summed E-state index contributed by atoms with van der Waals surface area (Å²) >= 11 is 0. The Labute approximate surface area is 163 Å². The second-order valence-electron chi connectivity index (χ2n) is 7.37. The molecule has 1 aromatic rings. The van der Waals surface area contributed by atoms with Crippen LogP contribution in [0.2, 0.25) is 0 Å². The number of nitrogens with zero attached hydrogens (tertiary/aromatic N) is 2. The Balaban J connectivity index is 1.64. The van der Waals surface area contributed by atoms with Crippen molar-refractivity contribution in [3.8, 4) is 5.75 Å². The summed E-state index contributed by atoms with van der Waals surface area (Å²) in [7, 11) is 3.56. The van der Waals surface area contributed by atoms with Crippen molar-refractivity contribution in [2.24, 2.45) is 4.99 Å². The van der Waals surface area contributed by atoms with Crippen LogP contribution < -0.4 is 15.4 Å². The van der Waals surface area contributed by atoms with Gasteiger partial charge < -0.3 is 20.1 Å². The fourth-order valence-corrected chi connectivity index (χ4v) is 4.00. The molecule has 2 fully saturated rings. The van der Waals surface area contributed by atoms with E-state index in [4.69, 9.17) is 9.47 Å². The van der Waals surface area contributed by atoms with E-state index in [2.05, 4.69) is 32.7 Å². The lowest BCUT2D eigenvalue weighted by Crippen LogP contribution is -2.48. The van der Waals surface area contributed by atoms with Crippen LogP contribution in [0.1, 0.15) is 43.7 Å². The quantitative estimate of drug-likeness (QED) is 0.592. The van der Waals surface area contributed by atoms with Crippen LogP contribution in [0.4, 0.5) is 0 Å². The van der Waals surface area contributed by atoms with Crippen LogP contribution in [0.25, 0.3) is 0 Å². The molecule has 1 saturated carbocycles. The number of nitrogens with one attached hydrogen (secondary N) is 2. The number of benzene rings is 1. The predicted octanol–water partition coefficient (Wildman–Crippen LogP) is 2.57. The first kappa shape index (κ1) is 20.0. The summed E-state index contributed by atoms with van der Waals surface area (Å²) in [6.45, 7) is 4.31. The number of aliphatic imine (C=N–C) groups is 1. The molecular formula is C21H34N4O2. The van der Waals surface area contributed by atoms with Gasteiger partial charge in [-0.25, -0.2) is 0 Å². The zero-order valence-electron chi connectivity index (χ0n) is 16.7. The molecule has 1 aromatic carbocycles. The van der Waals surface area contributed by atoms with E-state index in [0.29, 0.717) is 6.04 Å². The molecule has 150 valence electrons. The molecule has 6 heteroatoms. The Morgan fingerprint density at radius 2 is 1.89 bits per heavy atom. The number of ether oxygens (including phenoxy) is 2. The van der Waals surface area contributed by atoms with Crippen molar-refractivity contribution in [3.63, 3.8) is 0 Å². The van der Waals surface area contributed by atoms with E-state index in [0.717, 1.165) is 44.6 Å². The molecule has 1 aliphatic carbocycles. The van der Waals surface area contributed by atoms with Crippen molar-refractivity contribution in [2.75, 3.05) is 47.0 Å². The predicted molar refractivity (Wildman–Crippen MR) is 109 cm³/mol.